The minimum absolute atomic E-state index is 0.0163. The molecule has 3 aromatic rings. The van der Waals surface area contributed by atoms with Gasteiger partial charge in [0.2, 0.25) is 5.91 Å². The molecule has 0 bridgehead atoms. The van der Waals surface area contributed by atoms with Crippen LogP contribution in [0.5, 0.6) is 0 Å². The predicted octanol–water partition coefficient (Wildman–Crippen LogP) is 5.36. The summed E-state index contributed by atoms with van der Waals surface area (Å²) in [7, 11) is 0. The zero-order valence-corrected chi connectivity index (χ0v) is 18.8. The van der Waals surface area contributed by atoms with E-state index >= 15 is 0 Å². The smallest absolute Gasteiger partial charge is 0.220 e. The molecule has 5 heteroatoms. The molecule has 1 N–H and O–H groups in total. The molecule has 4 rings (SSSR count). The Labute approximate surface area is 180 Å². The van der Waals surface area contributed by atoms with Crippen LogP contribution in [-0.4, -0.2) is 21.0 Å². The minimum atomic E-state index is -0.488. The summed E-state index contributed by atoms with van der Waals surface area (Å²) in [5.41, 5.74) is 2.74. The van der Waals surface area contributed by atoms with Crippen molar-refractivity contribution in [3.63, 3.8) is 0 Å². The Hall–Kier alpha value is -2.40. The highest BCUT2D eigenvalue weighted by atomic mass is 79.9. The Morgan fingerprint density at radius 1 is 1.17 bits per heavy atom. The number of rotatable bonds is 4. The van der Waals surface area contributed by atoms with Crippen LogP contribution in [0.15, 0.2) is 65.4 Å². The summed E-state index contributed by atoms with van der Waals surface area (Å²) in [5.74, 6) is 1.03. The second-order valence-corrected chi connectivity index (χ2v) is 9.76. The van der Waals surface area contributed by atoms with Crippen molar-refractivity contribution in [2.24, 2.45) is 5.92 Å². The van der Waals surface area contributed by atoms with Gasteiger partial charge in [-0.25, -0.2) is 4.98 Å². The number of hydrogen-bond acceptors (Lipinski definition) is 2. The van der Waals surface area contributed by atoms with Crippen LogP contribution in [-0.2, 0) is 10.3 Å². The first-order valence-electron chi connectivity index (χ1n) is 9.94. The SMILES string of the molecule is CC(CC(=O)NC(C)(C)C)C1(c2ccc(Br)cc2)c2ccccc2-c2nccn21. The van der Waals surface area contributed by atoms with E-state index in [-0.39, 0.29) is 17.4 Å². The summed E-state index contributed by atoms with van der Waals surface area (Å²) in [6.45, 7) is 8.20. The molecule has 1 aliphatic heterocycles. The van der Waals surface area contributed by atoms with E-state index in [1.807, 2.05) is 39.2 Å². The maximum absolute atomic E-state index is 12.9. The summed E-state index contributed by atoms with van der Waals surface area (Å²) in [6, 6.07) is 16.8. The van der Waals surface area contributed by atoms with Crippen molar-refractivity contribution in [1.29, 1.82) is 0 Å². The van der Waals surface area contributed by atoms with Crippen molar-refractivity contribution in [2.75, 3.05) is 0 Å². The largest absolute Gasteiger partial charge is 0.351 e. The lowest BCUT2D eigenvalue weighted by Crippen LogP contribution is -2.45. The van der Waals surface area contributed by atoms with Crippen LogP contribution in [0, 0.1) is 5.92 Å². The van der Waals surface area contributed by atoms with Gasteiger partial charge in [-0.3, -0.25) is 4.79 Å². The van der Waals surface area contributed by atoms with Crippen molar-refractivity contribution in [3.8, 4) is 11.4 Å². The van der Waals surface area contributed by atoms with Crippen LogP contribution in [0.2, 0.25) is 0 Å². The number of hydrogen-bond donors (Lipinski definition) is 1. The molecule has 2 aromatic carbocycles. The average molecular weight is 452 g/mol. The molecule has 4 nitrogen and oxygen atoms in total. The fourth-order valence-corrected chi connectivity index (χ4v) is 4.87. The summed E-state index contributed by atoms with van der Waals surface area (Å²) >= 11 is 3.55. The summed E-state index contributed by atoms with van der Waals surface area (Å²) in [5, 5.41) is 3.12. The lowest BCUT2D eigenvalue weighted by atomic mass is 9.72. The van der Waals surface area contributed by atoms with Crippen LogP contribution in [0.25, 0.3) is 11.4 Å². The third-order valence-corrected chi connectivity index (χ3v) is 6.13. The van der Waals surface area contributed by atoms with Gasteiger partial charge in [0, 0.05) is 34.4 Å². The molecule has 2 atom stereocenters. The molecule has 0 spiro atoms. The van der Waals surface area contributed by atoms with E-state index < -0.39 is 5.54 Å². The normalized spacial score (nSPS) is 18.8. The Bertz CT molecular complexity index is 1050. The standard InChI is InChI=1S/C24H26BrN3O/c1-16(15-21(29)27-23(2,3)4)24(17-9-11-18(25)12-10-17)20-8-6-5-7-19(20)22-26-13-14-28(22)24/h5-14,16H,15H2,1-4H3,(H,27,29). The molecule has 2 heterocycles. The topological polar surface area (TPSA) is 46.9 Å². The van der Waals surface area contributed by atoms with E-state index in [1.54, 1.807) is 0 Å². The van der Waals surface area contributed by atoms with Gasteiger partial charge >= 0.3 is 0 Å². The van der Waals surface area contributed by atoms with Gasteiger partial charge in [0.05, 0.1) is 0 Å². The predicted molar refractivity (Wildman–Crippen MR) is 120 cm³/mol. The fourth-order valence-electron chi connectivity index (χ4n) is 4.61. The van der Waals surface area contributed by atoms with Crippen molar-refractivity contribution in [1.82, 2.24) is 14.9 Å². The highest BCUT2D eigenvalue weighted by molar-refractivity contribution is 9.10. The molecular formula is C24H26BrN3O. The average Bonchev–Trinajstić information content (AvgIpc) is 3.21. The number of imidazole rings is 1. The van der Waals surface area contributed by atoms with Crippen LogP contribution in [0.4, 0.5) is 0 Å². The first-order valence-corrected chi connectivity index (χ1v) is 10.7. The number of nitrogens with one attached hydrogen (secondary N) is 1. The molecule has 1 aromatic heterocycles. The zero-order valence-electron chi connectivity index (χ0n) is 17.2. The van der Waals surface area contributed by atoms with Gasteiger partial charge in [-0.1, -0.05) is 59.3 Å². The van der Waals surface area contributed by atoms with Crippen molar-refractivity contribution >= 4 is 21.8 Å². The quantitative estimate of drug-likeness (QED) is 0.580. The second kappa shape index (κ2) is 7.13. The number of carbonyl (C=O) groups excluding carboxylic acids is 1. The Morgan fingerprint density at radius 3 is 2.55 bits per heavy atom. The molecule has 0 radical (unpaired) electrons. The number of halogens is 1. The van der Waals surface area contributed by atoms with Crippen molar-refractivity contribution in [3.05, 3.63) is 76.5 Å². The van der Waals surface area contributed by atoms with E-state index in [2.05, 4.69) is 80.2 Å². The zero-order chi connectivity index (χ0) is 20.8. The van der Waals surface area contributed by atoms with Crippen LogP contribution in [0.3, 0.4) is 0 Å². The van der Waals surface area contributed by atoms with Gasteiger partial charge in [-0.2, -0.15) is 0 Å². The van der Waals surface area contributed by atoms with Gasteiger partial charge in [0.15, 0.2) is 0 Å². The number of carbonyl (C=O) groups is 1. The monoisotopic (exact) mass is 451 g/mol. The molecule has 29 heavy (non-hydrogen) atoms. The molecule has 0 fully saturated rings. The van der Waals surface area contributed by atoms with Gasteiger partial charge in [-0.15, -0.1) is 0 Å². The Balaban J connectivity index is 1.89. The van der Waals surface area contributed by atoms with Crippen molar-refractivity contribution < 1.29 is 4.79 Å². The second-order valence-electron chi connectivity index (χ2n) is 8.84. The van der Waals surface area contributed by atoms with Crippen LogP contribution in [0.1, 0.15) is 45.2 Å². The van der Waals surface area contributed by atoms with Crippen molar-refractivity contribution in [2.45, 2.75) is 45.2 Å². The highest BCUT2D eigenvalue weighted by Crippen LogP contribution is 2.51. The van der Waals surface area contributed by atoms with Crippen LogP contribution < -0.4 is 5.32 Å². The third-order valence-electron chi connectivity index (χ3n) is 5.60. The lowest BCUT2D eigenvalue weighted by molar-refractivity contribution is -0.123. The molecule has 0 saturated heterocycles. The number of nitrogens with zero attached hydrogens (tertiary/aromatic N) is 2. The van der Waals surface area contributed by atoms with E-state index in [0.717, 1.165) is 21.4 Å². The van der Waals surface area contributed by atoms with Gasteiger partial charge in [-0.05, 0) is 49.9 Å². The number of fused-ring (bicyclic) bond motifs is 3. The van der Waals surface area contributed by atoms with Gasteiger partial charge in [0.25, 0.3) is 0 Å². The summed E-state index contributed by atoms with van der Waals surface area (Å²) in [4.78, 5) is 17.5. The first kappa shape index (κ1) is 19.9. The molecular weight excluding hydrogens is 426 g/mol. The van der Waals surface area contributed by atoms with E-state index in [0.29, 0.717) is 6.42 Å². The Morgan fingerprint density at radius 2 is 1.86 bits per heavy atom. The maximum Gasteiger partial charge on any atom is 0.220 e. The molecule has 0 saturated carbocycles. The summed E-state index contributed by atoms with van der Waals surface area (Å²) < 4.78 is 3.28. The number of amides is 1. The van der Waals surface area contributed by atoms with Crippen LogP contribution >= 0.6 is 15.9 Å². The highest BCUT2D eigenvalue weighted by Gasteiger charge is 2.49. The van der Waals surface area contributed by atoms with E-state index in [4.69, 9.17) is 0 Å². The first-order chi connectivity index (χ1) is 13.7. The fraction of sp³-hybridized carbons (Fsp3) is 0.333. The number of benzene rings is 2. The molecule has 0 aliphatic carbocycles. The van der Waals surface area contributed by atoms with Gasteiger partial charge in [0.1, 0.15) is 11.4 Å². The Kier molecular flexibility index (Phi) is 4.89. The number of aromatic nitrogens is 2. The minimum Gasteiger partial charge on any atom is -0.351 e. The lowest BCUT2D eigenvalue weighted by Gasteiger charge is -2.39. The maximum atomic E-state index is 12.9. The van der Waals surface area contributed by atoms with E-state index in [1.165, 1.54) is 5.56 Å². The third kappa shape index (κ3) is 3.31. The molecule has 2 unspecified atom stereocenters. The van der Waals surface area contributed by atoms with E-state index in [9.17, 15) is 4.79 Å². The molecule has 150 valence electrons. The molecule has 1 aliphatic rings. The summed E-state index contributed by atoms with van der Waals surface area (Å²) in [6.07, 6.45) is 4.30. The molecule has 1 amide bonds. The van der Waals surface area contributed by atoms with Gasteiger partial charge < -0.3 is 9.88 Å².